The largest absolute Gasteiger partial charge is 0.461 e. The van der Waals surface area contributed by atoms with E-state index < -0.39 is 0 Å². The van der Waals surface area contributed by atoms with Gasteiger partial charge in [0.1, 0.15) is 16.9 Å². The molecule has 0 bridgehead atoms. The first kappa shape index (κ1) is 23.4. The molecule has 0 radical (unpaired) electrons. The fraction of sp³-hybridized carbons (Fsp3) is 0.320. The van der Waals surface area contributed by atoms with Crippen LogP contribution in [0.25, 0.3) is 39.5 Å². The van der Waals surface area contributed by atoms with Crippen molar-refractivity contribution in [3.05, 3.63) is 52.7 Å². The highest BCUT2D eigenvalue weighted by Crippen LogP contribution is 2.27. The van der Waals surface area contributed by atoms with Crippen molar-refractivity contribution in [3.8, 4) is 11.6 Å². The molecular weight excluding hydrogens is 507 g/mol. The molecule has 7 rings (SSSR count). The molecule has 13 nitrogen and oxygen atoms in total. The minimum absolute atomic E-state index is 0.122. The van der Waals surface area contributed by atoms with E-state index in [1.807, 2.05) is 4.90 Å². The number of benzene rings is 1. The van der Waals surface area contributed by atoms with Crippen LogP contribution < -0.4 is 16.3 Å². The van der Waals surface area contributed by atoms with Gasteiger partial charge in [0.05, 0.1) is 12.0 Å². The molecular formula is C25H25FN10O3. The monoisotopic (exact) mass is 532 g/mol. The Bertz CT molecular complexity index is 1910. The van der Waals surface area contributed by atoms with Gasteiger partial charge in [-0.1, -0.05) is 0 Å². The molecule has 14 heteroatoms. The average Bonchev–Trinajstić information content (AvgIpc) is 3.70. The van der Waals surface area contributed by atoms with Crippen LogP contribution in [-0.2, 0) is 13.6 Å². The van der Waals surface area contributed by atoms with Crippen LogP contribution in [0, 0.1) is 12.7 Å². The number of fused-ring (bicyclic) bond motifs is 4. The van der Waals surface area contributed by atoms with Gasteiger partial charge < -0.3 is 19.5 Å². The van der Waals surface area contributed by atoms with Crippen LogP contribution in [0.5, 0.6) is 0 Å². The molecule has 2 N–H and O–H groups in total. The van der Waals surface area contributed by atoms with E-state index in [-0.39, 0.29) is 17.5 Å². The molecule has 1 saturated heterocycles. The van der Waals surface area contributed by atoms with Crippen molar-refractivity contribution in [2.45, 2.75) is 13.5 Å². The van der Waals surface area contributed by atoms with Crippen molar-refractivity contribution in [2.75, 3.05) is 43.4 Å². The SMILES string of the molecule is Cc1nc2cc(N3CCN(CCn4c(=O)n(C)c5c4nc(N)n4nc(-c6ccco6)nc54)CC3)c(F)cc2o1. The molecule has 39 heavy (non-hydrogen) atoms. The fourth-order valence-electron chi connectivity index (χ4n) is 5.25. The summed E-state index contributed by atoms with van der Waals surface area (Å²) in [6, 6.07) is 6.64. The molecule has 1 fully saturated rings. The normalized spacial score (nSPS) is 14.9. The number of aromatic nitrogens is 7. The van der Waals surface area contributed by atoms with Gasteiger partial charge in [0.2, 0.25) is 11.8 Å². The number of oxazole rings is 1. The van der Waals surface area contributed by atoms with Crippen LogP contribution >= 0.6 is 0 Å². The zero-order valence-electron chi connectivity index (χ0n) is 21.3. The van der Waals surface area contributed by atoms with Crippen LogP contribution in [-0.4, -0.2) is 71.3 Å². The molecule has 1 aliphatic rings. The van der Waals surface area contributed by atoms with Crippen LogP contribution in [0.1, 0.15) is 5.89 Å². The Hall–Kier alpha value is -4.72. The quantitative estimate of drug-likeness (QED) is 0.350. The summed E-state index contributed by atoms with van der Waals surface area (Å²) in [6.45, 7) is 5.49. The summed E-state index contributed by atoms with van der Waals surface area (Å²) in [5, 5.41) is 4.41. The first-order valence-corrected chi connectivity index (χ1v) is 12.6. The molecule has 1 aromatic carbocycles. The van der Waals surface area contributed by atoms with E-state index in [1.54, 1.807) is 36.7 Å². The summed E-state index contributed by atoms with van der Waals surface area (Å²) >= 11 is 0. The number of furan rings is 1. The molecule has 0 amide bonds. The lowest BCUT2D eigenvalue weighted by atomic mass is 10.2. The van der Waals surface area contributed by atoms with Gasteiger partial charge >= 0.3 is 5.69 Å². The second-order valence-corrected chi connectivity index (χ2v) is 9.62. The van der Waals surface area contributed by atoms with E-state index in [2.05, 4.69) is 25.0 Å². The highest BCUT2D eigenvalue weighted by Gasteiger charge is 2.24. The van der Waals surface area contributed by atoms with Crippen LogP contribution in [0.4, 0.5) is 16.0 Å². The van der Waals surface area contributed by atoms with Gasteiger partial charge in [-0.2, -0.15) is 9.50 Å². The van der Waals surface area contributed by atoms with Crippen LogP contribution in [0.3, 0.4) is 0 Å². The summed E-state index contributed by atoms with van der Waals surface area (Å²) in [5.74, 6) is 1.15. The molecule has 200 valence electrons. The van der Waals surface area contributed by atoms with E-state index in [4.69, 9.17) is 14.6 Å². The molecule has 0 unspecified atom stereocenters. The van der Waals surface area contributed by atoms with Gasteiger partial charge in [-0.15, -0.1) is 5.10 Å². The Morgan fingerprint density at radius 2 is 1.90 bits per heavy atom. The smallest absolute Gasteiger partial charge is 0.330 e. The van der Waals surface area contributed by atoms with Gasteiger partial charge in [-0.25, -0.2) is 19.2 Å². The number of hydrogen-bond acceptors (Lipinski definition) is 10. The third kappa shape index (κ3) is 3.74. The van der Waals surface area contributed by atoms with E-state index >= 15 is 0 Å². The van der Waals surface area contributed by atoms with Crippen molar-refractivity contribution in [1.82, 2.24) is 38.6 Å². The molecule has 5 aromatic heterocycles. The minimum atomic E-state index is -0.326. The standard InChI is InChI=1S/C25H25FN10O3/c1-14-28-16-13-17(15(26)12-19(16)39-14)34-8-5-33(6-9-34)7-10-35-22-20(32(2)25(35)37)23-29-21(18-4-3-11-38-18)31-36(23)24(27)30-22/h3-4,11-13H,5-10H2,1-2H3,(H2,27,30). The minimum Gasteiger partial charge on any atom is -0.461 e. The van der Waals surface area contributed by atoms with Crippen molar-refractivity contribution in [1.29, 1.82) is 0 Å². The number of aryl methyl sites for hydroxylation is 2. The lowest BCUT2D eigenvalue weighted by Gasteiger charge is -2.36. The van der Waals surface area contributed by atoms with E-state index in [0.29, 0.717) is 90.3 Å². The molecule has 0 atom stereocenters. The Kier molecular flexibility index (Phi) is 5.20. The van der Waals surface area contributed by atoms with Gasteiger partial charge in [-0.3, -0.25) is 14.0 Å². The van der Waals surface area contributed by atoms with Crippen molar-refractivity contribution in [2.24, 2.45) is 7.05 Å². The first-order chi connectivity index (χ1) is 18.9. The van der Waals surface area contributed by atoms with Crippen molar-refractivity contribution in [3.63, 3.8) is 0 Å². The number of nitrogens with zero attached hydrogens (tertiary/aromatic N) is 9. The lowest BCUT2D eigenvalue weighted by Crippen LogP contribution is -2.47. The zero-order chi connectivity index (χ0) is 26.8. The Morgan fingerprint density at radius 3 is 2.67 bits per heavy atom. The predicted octanol–water partition coefficient (Wildman–Crippen LogP) is 2.03. The number of anilines is 2. The number of halogens is 1. The lowest BCUT2D eigenvalue weighted by molar-refractivity contribution is 0.247. The third-order valence-corrected chi connectivity index (χ3v) is 7.24. The zero-order valence-corrected chi connectivity index (χ0v) is 21.3. The van der Waals surface area contributed by atoms with E-state index in [0.717, 1.165) is 0 Å². The summed E-state index contributed by atoms with van der Waals surface area (Å²) in [6.07, 6.45) is 1.54. The maximum absolute atomic E-state index is 14.8. The highest BCUT2D eigenvalue weighted by atomic mass is 19.1. The number of rotatable bonds is 5. The van der Waals surface area contributed by atoms with Gasteiger partial charge in [0.25, 0.3) is 0 Å². The van der Waals surface area contributed by atoms with E-state index in [9.17, 15) is 9.18 Å². The Morgan fingerprint density at radius 1 is 1.08 bits per heavy atom. The maximum Gasteiger partial charge on any atom is 0.330 e. The predicted molar refractivity (Wildman–Crippen MR) is 141 cm³/mol. The fourth-order valence-corrected chi connectivity index (χ4v) is 5.25. The highest BCUT2D eigenvalue weighted by molar-refractivity contribution is 5.88. The molecule has 0 saturated carbocycles. The van der Waals surface area contributed by atoms with Gasteiger partial charge in [-0.05, 0) is 18.2 Å². The Labute approximate surface area is 219 Å². The van der Waals surface area contributed by atoms with E-state index in [1.165, 1.54) is 21.4 Å². The number of imidazole rings is 1. The molecule has 1 aliphatic heterocycles. The van der Waals surface area contributed by atoms with Crippen LogP contribution in [0.2, 0.25) is 0 Å². The number of hydrogen-bond donors (Lipinski definition) is 1. The molecule has 0 aliphatic carbocycles. The Balaban J connectivity index is 1.11. The van der Waals surface area contributed by atoms with Gasteiger partial charge in [0, 0.05) is 59.3 Å². The maximum atomic E-state index is 14.8. The summed E-state index contributed by atoms with van der Waals surface area (Å²) in [5.41, 5.74) is 9.02. The van der Waals surface area contributed by atoms with Crippen LogP contribution in [0.15, 0.2) is 44.2 Å². The van der Waals surface area contributed by atoms with Crippen molar-refractivity contribution < 1.29 is 13.2 Å². The molecule has 0 spiro atoms. The van der Waals surface area contributed by atoms with Gasteiger partial charge in [0.15, 0.2) is 28.5 Å². The molecule has 6 aromatic rings. The second-order valence-electron chi connectivity index (χ2n) is 9.62. The summed E-state index contributed by atoms with van der Waals surface area (Å²) in [7, 11) is 1.68. The average molecular weight is 533 g/mol. The summed E-state index contributed by atoms with van der Waals surface area (Å²) < 4.78 is 30.2. The topological polar surface area (TPSA) is 142 Å². The second kappa shape index (κ2) is 8.66. The number of nitrogen functional groups attached to an aromatic ring is 1. The van der Waals surface area contributed by atoms with Crippen molar-refractivity contribution >= 4 is 39.5 Å². The summed E-state index contributed by atoms with van der Waals surface area (Å²) in [4.78, 5) is 30.9. The number of piperazine rings is 1. The first-order valence-electron chi connectivity index (χ1n) is 12.6. The molecule has 6 heterocycles. The number of nitrogens with two attached hydrogens (primary N) is 1. The third-order valence-electron chi connectivity index (χ3n) is 7.24.